The fraction of sp³-hybridized carbons (Fsp3) is 0.200. The molecule has 0 saturated heterocycles. The number of hydrogen-bond acceptors (Lipinski definition) is 1. The highest BCUT2D eigenvalue weighted by molar-refractivity contribution is 9.09. The first-order valence-corrected chi connectivity index (χ1v) is 4.90. The molecule has 0 aliphatic heterocycles. The molecule has 1 unspecified atom stereocenters. The SMILES string of the molecule is BrCOC1[C]=Cc2ccccc21. The minimum Gasteiger partial charge on any atom is -0.358 e. The molecule has 1 aliphatic rings. The molecule has 0 aromatic heterocycles. The van der Waals surface area contributed by atoms with Gasteiger partial charge in [0.15, 0.2) is 0 Å². The first kappa shape index (κ1) is 8.02. The van der Waals surface area contributed by atoms with Crippen molar-refractivity contribution in [1.29, 1.82) is 0 Å². The summed E-state index contributed by atoms with van der Waals surface area (Å²) in [6, 6.07) is 8.18. The van der Waals surface area contributed by atoms with Gasteiger partial charge < -0.3 is 4.74 Å². The summed E-state index contributed by atoms with van der Waals surface area (Å²) >= 11 is 3.24. The maximum atomic E-state index is 5.40. The van der Waals surface area contributed by atoms with Crippen LogP contribution < -0.4 is 0 Å². The molecule has 0 fully saturated rings. The minimum absolute atomic E-state index is 0.0144. The van der Waals surface area contributed by atoms with Crippen molar-refractivity contribution in [2.75, 3.05) is 5.52 Å². The van der Waals surface area contributed by atoms with Gasteiger partial charge in [-0.3, -0.25) is 0 Å². The fourth-order valence-corrected chi connectivity index (χ4v) is 1.60. The molecule has 0 bridgehead atoms. The van der Waals surface area contributed by atoms with Crippen molar-refractivity contribution in [3.63, 3.8) is 0 Å². The average molecular weight is 224 g/mol. The van der Waals surface area contributed by atoms with Gasteiger partial charge in [0.05, 0.1) is 0 Å². The third-order valence-electron chi connectivity index (χ3n) is 1.90. The second-order valence-corrected chi connectivity index (χ2v) is 3.05. The highest BCUT2D eigenvalue weighted by Gasteiger charge is 2.16. The molecule has 1 radical (unpaired) electrons. The number of fused-ring (bicyclic) bond motifs is 1. The molecular weight excluding hydrogens is 216 g/mol. The predicted molar refractivity (Wildman–Crippen MR) is 51.8 cm³/mol. The Morgan fingerprint density at radius 3 is 3.08 bits per heavy atom. The number of halogens is 1. The second-order valence-electron chi connectivity index (χ2n) is 2.60. The van der Waals surface area contributed by atoms with Gasteiger partial charge in [-0.15, -0.1) is 0 Å². The van der Waals surface area contributed by atoms with Crippen molar-refractivity contribution in [2.24, 2.45) is 0 Å². The van der Waals surface area contributed by atoms with Crippen LogP contribution in [-0.4, -0.2) is 5.52 Å². The van der Waals surface area contributed by atoms with Crippen LogP contribution in [0.1, 0.15) is 17.2 Å². The van der Waals surface area contributed by atoms with Gasteiger partial charge in [0, 0.05) is 0 Å². The van der Waals surface area contributed by atoms with Gasteiger partial charge in [-0.05, 0) is 23.3 Å². The molecule has 0 N–H and O–H groups in total. The standard InChI is InChI=1S/C10H8BrO/c11-7-12-10-6-5-8-3-1-2-4-9(8)10/h1-5,10H,7H2. The highest BCUT2D eigenvalue weighted by atomic mass is 79.9. The summed E-state index contributed by atoms with van der Waals surface area (Å²) in [5.41, 5.74) is 2.97. The summed E-state index contributed by atoms with van der Waals surface area (Å²) in [7, 11) is 0. The van der Waals surface area contributed by atoms with Gasteiger partial charge >= 0.3 is 0 Å². The Kier molecular flexibility index (Phi) is 2.28. The Labute approximate surface area is 80.2 Å². The fourth-order valence-electron chi connectivity index (χ4n) is 1.34. The van der Waals surface area contributed by atoms with Gasteiger partial charge in [-0.2, -0.15) is 0 Å². The molecule has 1 aromatic carbocycles. The van der Waals surface area contributed by atoms with Crippen molar-refractivity contribution in [1.82, 2.24) is 0 Å². The van der Waals surface area contributed by atoms with Crippen LogP contribution in [-0.2, 0) is 4.74 Å². The maximum Gasteiger partial charge on any atom is 0.110 e. The van der Waals surface area contributed by atoms with E-state index in [0.717, 1.165) is 0 Å². The summed E-state index contributed by atoms with van der Waals surface area (Å²) in [6.45, 7) is 0. The summed E-state index contributed by atoms with van der Waals surface area (Å²) in [5, 5.41) is 0. The normalized spacial score (nSPS) is 19.6. The molecule has 0 heterocycles. The first-order valence-electron chi connectivity index (χ1n) is 3.77. The molecule has 1 atom stereocenters. The summed E-state index contributed by atoms with van der Waals surface area (Å²) in [4.78, 5) is 0. The van der Waals surface area contributed by atoms with Crippen LogP contribution in [0.15, 0.2) is 24.3 Å². The molecule has 0 spiro atoms. The van der Waals surface area contributed by atoms with Crippen LogP contribution in [0.5, 0.6) is 0 Å². The van der Waals surface area contributed by atoms with Crippen molar-refractivity contribution in [3.8, 4) is 0 Å². The van der Waals surface area contributed by atoms with E-state index in [1.54, 1.807) is 0 Å². The lowest BCUT2D eigenvalue weighted by Crippen LogP contribution is -1.97. The van der Waals surface area contributed by atoms with Crippen LogP contribution >= 0.6 is 15.9 Å². The van der Waals surface area contributed by atoms with Crippen LogP contribution in [0.4, 0.5) is 0 Å². The topological polar surface area (TPSA) is 9.23 Å². The van der Waals surface area contributed by atoms with E-state index < -0.39 is 0 Å². The lowest BCUT2D eigenvalue weighted by Gasteiger charge is -2.08. The lowest BCUT2D eigenvalue weighted by molar-refractivity contribution is 0.128. The van der Waals surface area contributed by atoms with E-state index in [0.29, 0.717) is 5.52 Å². The molecule has 1 aliphatic carbocycles. The maximum absolute atomic E-state index is 5.40. The van der Waals surface area contributed by atoms with E-state index in [1.165, 1.54) is 11.1 Å². The van der Waals surface area contributed by atoms with Crippen LogP contribution in [0, 0.1) is 6.08 Å². The van der Waals surface area contributed by atoms with Crippen LogP contribution in [0.25, 0.3) is 6.08 Å². The second kappa shape index (κ2) is 3.42. The molecule has 2 rings (SSSR count). The van der Waals surface area contributed by atoms with E-state index >= 15 is 0 Å². The van der Waals surface area contributed by atoms with E-state index in [4.69, 9.17) is 4.74 Å². The van der Waals surface area contributed by atoms with E-state index in [1.807, 2.05) is 18.2 Å². The minimum atomic E-state index is 0.0144. The van der Waals surface area contributed by atoms with Crippen molar-refractivity contribution in [2.45, 2.75) is 6.10 Å². The first-order chi connectivity index (χ1) is 5.92. The molecule has 0 saturated carbocycles. The average Bonchev–Trinajstić information content (AvgIpc) is 2.50. The van der Waals surface area contributed by atoms with Crippen molar-refractivity contribution < 1.29 is 4.74 Å². The quantitative estimate of drug-likeness (QED) is 0.701. The Hall–Kier alpha value is -0.600. The van der Waals surface area contributed by atoms with E-state index in [9.17, 15) is 0 Å². The summed E-state index contributed by atoms with van der Waals surface area (Å²) in [5.74, 6) is 0. The Morgan fingerprint density at radius 1 is 1.42 bits per heavy atom. The molecule has 1 aromatic rings. The number of hydrogen-bond donors (Lipinski definition) is 0. The zero-order valence-electron chi connectivity index (χ0n) is 6.46. The third kappa shape index (κ3) is 1.32. The monoisotopic (exact) mass is 223 g/mol. The van der Waals surface area contributed by atoms with Crippen LogP contribution in [0.3, 0.4) is 0 Å². The van der Waals surface area contributed by atoms with Gasteiger partial charge in [-0.1, -0.05) is 40.2 Å². The van der Waals surface area contributed by atoms with Gasteiger partial charge in [-0.25, -0.2) is 0 Å². The zero-order chi connectivity index (χ0) is 8.39. The molecule has 0 amide bonds. The number of alkyl halides is 1. The van der Waals surface area contributed by atoms with E-state index in [2.05, 4.69) is 34.1 Å². The van der Waals surface area contributed by atoms with Gasteiger partial charge in [0.25, 0.3) is 0 Å². The van der Waals surface area contributed by atoms with Gasteiger partial charge in [0.1, 0.15) is 11.6 Å². The molecule has 12 heavy (non-hydrogen) atoms. The summed E-state index contributed by atoms with van der Waals surface area (Å²) < 4.78 is 5.40. The largest absolute Gasteiger partial charge is 0.358 e. The Balaban J connectivity index is 2.30. The highest BCUT2D eigenvalue weighted by Crippen LogP contribution is 2.29. The lowest BCUT2D eigenvalue weighted by atomic mass is 10.1. The van der Waals surface area contributed by atoms with Crippen molar-refractivity contribution in [3.05, 3.63) is 41.5 Å². The molecular formula is C10H8BrO. The number of benzene rings is 1. The number of ether oxygens (including phenoxy) is 1. The molecule has 2 heteroatoms. The number of rotatable bonds is 2. The predicted octanol–water partition coefficient (Wildman–Crippen LogP) is 2.93. The molecule has 61 valence electrons. The zero-order valence-corrected chi connectivity index (χ0v) is 8.04. The third-order valence-corrected chi connectivity index (χ3v) is 2.16. The van der Waals surface area contributed by atoms with Gasteiger partial charge in [0.2, 0.25) is 0 Å². The molecule has 1 nitrogen and oxygen atoms in total. The Morgan fingerprint density at radius 2 is 2.25 bits per heavy atom. The van der Waals surface area contributed by atoms with Crippen molar-refractivity contribution >= 4 is 22.0 Å². The smallest absolute Gasteiger partial charge is 0.110 e. The van der Waals surface area contributed by atoms with Crippen LogP contribution in [0.2, 0.25) is 0 Å². The van der Waals surface area contributed by atoms with E-state index in [-0.39, 0.29) is 6.10 Å². The Bertz CT molecular complexity index is 306. The summed E-state index contributed by atoms with van der Waals surface area (Å²) in [6.07, 6.45) is 5.14.